The monoisotopic (exact) mass is 276 g/mol. The Morgan fingerprint density at radius 3 is 2.55 bits per heavy atom. The molecule has 0 N–H and O–H groups in total. The van der Waals surface area contributed by atoms with E-state index < -0.39 is 12.1 Å². The third-order valence-corrected chi connectivity index (χ3v) is 2.99. The molecule has 0 radical (unpaired) electrons. The summed E-state index contributed by atoms with van der Waals surface area (Å²) in [6.45, 7) is 2.45. The van der Waals surface area contributed by atoms with Crippen LogP contribution in [0.1, 0.15) is 28.9 Å². The Balaban J connectivity index is 2.17. The average Bonchev–Trinajstić information content (AvgIpc) is 2.96. The van der Waals surface area contributed by atoms with Gasteiger partial charge in [-0.05, 0) is 30.7 Å². The summed E-state index contributed by atoms with van der Waals surface area (Å²) in [6.07, 6.45) is 1.28. The summed E-state index contributed by atoms with van der Waals surface area (Å²) in [6, 6.07) is 6.78. The van der Waals surface area contributed by atoms with Crippen molar-refractivity contribution in [2.24, 2.45) is 0 Å². The van der Waals surface area contributed by atoms with Crippen LogP contribution in [-0.2, 0) is 19.0 Å². The summed E-state index contributed by atoms with van der Waals surface area (Å²) < 4.78 is 15.2. The second-order valence-corrected chi connectivity index (χ2v) is 4.21. The van der Waals surface area contributed by atoms with Gasteiger partial charge >= 0.3 is 11.9 Å². The Labute approximate surface area is 117 Å². The summed E-state index contributed by atoms with van der Waals surface area (Å²) in [5, 5.41) is 0. The predicted molar refractivity (Wildman–Crippen MR) is 71.2 cm³/mol. The largest absolute Gasteiger partial charge is 0.465 e. The molecule has 0 saturated heterocycles. The highest BCUT2D eigenvalue weighted by Gasteiger charge is 2.28. The number of rotatable bonds is 4. The first-order valence-electron chi connectivity index (χ1n) is 6.34. The van der Waals surface area contributed by atoms with Crippen molar-refractivity contribution in [3.8, 4) is 0 Å². The molecule has 106 valence electrons. The van der Waals surface area contributed by atoms with Gasteiger partial charge in [0.15, 0.2) is 0 Å². The second kappa shape index (κ2) is 6.34. The van der Waals surface area contributed by atoms with Crippen molar-refractivity contribution in [2.45, 2.75) is 13.0 Å². The number of hydrogen-bond acceptors (Lipinski definition) is 5. The molecule has 2 rings (SSSR count). The van der Waals surface area contributed by atoms with Gasteiger partial charge in [-0.25, -0.2) is 9.59 Å². The molecule has 1 aromatic carbocycles. The van der Waals surface area contributed by atoms with E-state index in [0.717, 1.165) is 5.56 Å². The number of carbonyl (C=O) groups is 2. The SMILES string of the molecule is CCOC(=O)C1=CCOC1c1ccc(C(=O)OC)cc1. The predicted octanol–water partition coefficient (Wildman–Crippen LogP) is 2.03. The third-order valence-electron chi connectivity index (χ3n) is 2.99. The van der Waals surface area contributed by atoms with Crippen LogP contribution in [-0.4, -0.2) is 32.3 Å². The highest BCUT2D eigenvalue weighted by Crippen LogP contribution is 2.31. The van der Waals surface area contributed by atoms with E-state index in [9.17, 15) is 9.59 Å². The fourth-order valence-electron chi connectivity index (χ4n) is 2.02. The highest BCUT2D eigenvalue weighted by atomic mass is 16.5. The second-order valence-electron chi connectivity index (χ2n) is 4.21. The van der Waals surface area contributed by atoms with Crippen LogP contribution in [0, 0.1) is 0 Å². The van der Waals surface area contributed by atoms with Crippen molar-refractivity contribution in [1.29, 1.82) is 0 Å². The summed E-state index contributed by atoms with van der Waals surface area (Å²) in [4.78, 5) is 23.2. The van der Waals surface area contributed by atoms with Crippen LogP contribution in [0.4, 0.5) is 0 Å². The van der Waals surface area contributed by atoms with E-state index >= 15 is 0 Å². The minimum absolute atomic E-state index is 0.324. The molecule has 1 heterocycles. The molecule has 1 atom stereocenters. The van der Waals surface area contributed by atoms with E-state index in [0.29, 0.717) is 24.4 Å². The maximum absolute atomic E-state index is 11.8. The van der Waals surface area contributed by atoms with Crippen molar-refractivity contribution in [3.63, 3.8) is 0 Å². The Bertz CT molecular complexity index is 530. The Morgan fingerprint density at radius 1 is 1.25 bits per heavy atom. The first-order valence-corrected chi connectivity index (χ1v) is 6.34. The number of ether oxygens (including phenoxy) is 3. The van der Waals surface area contributed by atoms with Crippen LogP contribution < -0.4 is 0 Å². The van der Waals surface area contributed by atoms with Gasteiger partial charge in [0.25, 0.3) is 0 Å². The van der Waals surface area contributed by atoms with Crippen LogP contribution in [0.5, 0.6) is 0 Å². The number of esters is 2. The minimum Gasteiger partial charge on any atom is -0.465 e. The smallest absolute Gasteiger partial charge is 0.337 e. The van der Waals surface area contributed by atoms with Gasteiger partial charge in [-0.1, -0.05) is 12.1 Å². The van der Waals surface area contributed by atoms with Crippen molar-refractivity contribution in [2.75, 3.05) is 20.3 Å². The topological polar surface area (TPSA) is 61.8 Å². The Hall–Kier alpha value is -2.14. The number of carbonyl (C=O) groups excluding carboxylic acids is 2. The van der Waals surface area contributed by atoms with Gasteiger partial charge in [-0.3, -0.25) is 0 Å². The highest BCUT2D eigenvalue weighted by molar-refractivity contribution is 5.91. The zero-order chi connectivity index (χ0) is 14.5. The molecule has 5 heteroatoms. The summed E-state index contributed by atoms with van der Waals surface area (Å²) in [7, 11) is 1.33. The molecule has 1 aromatic rings. The molecule has 1 aliphatic heterocycles. The molecule has 0 aromatic heterocycles. The molecular weight excluding hydrogens is 260 g/mol. The Morgan fingerprint density at radius 2 is 1.95 bits per heavy atom. The quantitative estimate of drug-likeness (QED) is 0.787. The van der Waals surface area contributed by atoms with Crippen LogP contribution in [0.15, 0.2) is 35.9 Å². The normalized spacial score (nSPS) is 17.5. The minimum atomic E-state index is -0.444. The van der Waals surface area contributed by atoms with Crippen molar-refractivity contribution in [1.82, 2.24) is 0 Å². The van der Waals surface area contributed by atoms with Crippen LogP contribution in [0.2, 0.25) is 0 Å². The number of benzene rings is 1. The zero-order valence-electron chi connectivity index (χ0n) is 11.4. The molecule has 1 unspecified atom stereocenters. The maximum Gasteiger partial charge on any atom is 0.337 e. The molecule has 20 heavy (non-hydrogen) atoms. The summed E-state index contributed by atoms with van der Waals surface area (Å²) in [5.74, 6) is -0.767. The van der Waals surface area contributed by atoms with E-state index in [1.807, 2.05) is 0 Å². The molecule has 0 spiro atoms. The summed E-state index contributed by atoms with van der Waals surface area (Å²) in [5.41, 5.74) is 1.75. The summed E-state index contributed by atoms with van der Waals surface area (Å²) >= 11 is 0. The molecule has 0 saturated carbocycles. The van der Waals surface area contributed by atoms with E-state index in [4.69, 9.17) is 9.47 Å². The molecular formula is C15H16O5. The number of methoxy groups -OCH3 is 1. The third kappa shape index (κ3) is 2.88. The first kappa shape index (κ1) is 14.3. The van der Waals surface area contributed by atoms with E-state index in [2.05, 4.69) is 4.74 Å². The fourth-order valence-corrected chi connectivity index (χ4v) is 2.02. The maximum atomic E-state index is 11.8. The van der Waals surface area contributed by atoms with Gasteiger partial charge in [0.2, 0.25) is 0 Å². The average molecular weight is 276 g/mol. The lowest BCUT2D eigenvalue weighted by Crippen LogP contribution is -2.13. The molecule has 1 aliphatic rings. The Kier molecular flexibility index (Phi) is 4.53. The van der Waals surface area contributed by atoms with Gasteiger partial charge in [0.05, 0.1) is 31.5 Å². The van der Waals surface area contributed by atoms with E-state index in [-0.39, 0.29) is 5.97 Å². The fraction of sp³-hybridized carbons (Fsp3) is 0.333. The van der Waals surface area contributed by atoms with E-state index in [1.165, 1.54) is 7.11 Å². The van der Waals surface area contributed by atoms with E-state index in [1.54, 1.807) is 37.3 Å². The first-order chi connectivity index (χ1) is 9.67. The van der Waals surface area contributed by atoms with Crippen LogP contribution >= 0.6 is 0 Å². The van der Waals surface area contributed by atoms with Gasteiger partial charge in [0, 0.05) is 0 Å². The van der Waals surface area contributed by atoms with Gasteiger partial charge < -0.3 is 14.2 Å². The van der Waals surface area contributed by atoms with Gasteiger partial charge in [0.1, 0.15) is 6.10 Å². The molecule has 0 bridgehead atoms. The van der Waals surface area contributed by atoms with Crippen LogP contribution in [0.25, 0.3) is 0 Å². The van der Waals surface area contributed by atoms with Gasteiger partial charge in [-0.2, -0.15) is 0 Å². The number of hydrogen-bond donors (Lipinski definition) is 0. The molecule has 0 aliphatic carbocycles. The van der Waals surface area contributed by atoms with Crippen molar-refractivity contribution >= 4 is 11.9 Å². The molecule has 0 fully saturated rings. The van der Waals surface area contributed by atoms with Crippen LogP contribution in [0.3, 0.4) is 0 Å². The lowest BCUT2D eigenvalue weighted by Gasteiger charge is -2.14. The lowest BCUT2D eigenvalue weighted by molar-refractivity contribution is -0.139. The standard InChI is InChI=1S/C15H16O5/c1-3-19-15(17)12-8-9-20-13(12)10-4-6-11(7-5-10)14(16)18-2/h4-8,13H,3,9H2,1-2H3. The molecule has 0 amide bonds. The zero-order valence-corrected chi connectivity index (χ0v) is 11.4. The van der Waals surface area contributed by atoms with Crippen molar-refractivity contribution < 1.29 is 23.8 Å². The molecule has 5 nitrogen and oxygen atoms in total. The lowest BCUT2D eigenvalue weighted by atomic mass is 10.0. The van der Waals surface area contributed by atoms with Gasteiger partial charge in [-0.15, -0.1) is 0 Å². The van der Waals surface area contributed by atoms with Crippen molar-refractivity contribution in [3.05, 3.63) is 47.0 Å².